The van der Waals surface area contributed by atoms with Crippen molar-refractivity contribution in [2.24, 2.45) is 15.2 Å². The molecule has 0 aliphatic carbocycles. The summed E-state index contributed by atoms with van der Waals surface area (Å²) in [5.74, 6) is -0.829. The fraction of sp³-hybridized carbons (Fsp3) is 0.167. The van der Waals surface area contributed by atoms with Gasteiger partial charge in [0, 0.05) is 17.5 Å². The number of nitrogens with one attached hydrogen (secondary N) is 2. The number of hydrogen-bond acceptors (Lipinski definition) is 6. The Hall–Kier alpha value is -3.36. The first-order valence-corrected chi connectivity index (χ1v) is 14.7. The molecule has 10 nitrogen and oxygen atoms in total. The molecule has 1 atom stereocenters. The average Bonchev–Trinajstić information content (AvgIpc) is 3.32. The maximum Gasteiger partial charge on any atom is 0.274 e. The van der Waals surface area contributed by atoms with E-state index in [0.717, 1.165) is 5.56 Å². The van der Waals surface area contributed by atoms with E-state index in [4.69, 9.17) is 16.7 Å². The molecule has 0 spiro atoms. The number of aliphatic imine (C=N–C) groups is 1. The van der Waals surface area contributed by atoms with Crippen molar-refractivity contribution < 1.29 is 21.2 Å². The van der Waals surface area contributed by atoms with Crippen molar-refractivity contribution >= 4 is 43.5 Å². The maximum atomic E-state index is 13.6. The molecule has 0 saturated carbocycles. The zero-order valence-electron chi connectivity index (χ0n) is 19.8. The van der Waals surface area contributed by atoms with Crippen LogP contribution in [0.25, 0.3) is 0 Å². The molecule has 0 bridgehead atoms. The Balaban J connectivity index is 1.71. The molecule has 0 aromatic heterocycles. The topological polar surface area (TPSA) is 146 Å². The second-order valence-corrected chi connectivity index (χ2v) is 11.7. The number of hydrazone groups is 1. The van der Waals surface area contributed by atoms with Crippen LogP contribution in [0, 0.1) is 5.82 Å². The molecule has 1 heterocycles. The van der Waals surface area contributed by atoms with Gasteiger partial charge in [0.25, 0.3) is 20.2 Å². The molecule has 3 aromatic rings. The highest BCUT2D eigenvalue weighted by Crippen LogP contribution is 2.29. The van der Waals surface area contributed by atoms with E-state index in [9.17, 15) is 21.2 Å². The Morgan fingerprint density at radius 1 is 1.03 bits per heavy atom. The molecule has 1 aliphatic heterocycles. The van der Waals surface area contributed by atoms with Crippen LogP contribution in [0.2, 0.25) is 5.02 Å². The van der Waals surface area contributed by atoms with Crippen LogP contribution in [-0.2, 0) is 20.2 Å². The van der Waals surface area contributed by atoms with E-state index in [1.54, 1.807) is 12.1 Å². The van der Waals surface area contributed by atoms with Gasteiger partial charge in [-0.25, -0.2) is 37.4 Å². The lowest BCUT2D eigenvalue weighted by Crippen LogP contribution is -2.42. The Labute approximate surface area is 225 Å². The monoisotopic (exact) mass is 578 g/mol. The highest BCUT2D eigenvalue weighted by Gasteiger charge is 2.33. The molecule has 38 heavy (non-hydrogen) atoms. The number of rotatable bonds is 8. The van der Waals surface area contributed by atoms with Crippen LogP contribution in [0.3, 0.4) is 0 Å². The SMILES string of the molecule is NS(=O)(=O)NCC/N=C(/NS(=O)(=O)c1ccc(Cl)cc1)N1C[C@H](c2ccccc2)C(c2ccc(F)cc2)=N1. The smallest absolute Gasteiger partial charge is 0.249 e. The first-order chi connectivity index (χ1) is 18.0. The van der Waals surface area contributed by atoms with Gasteiger partial charge >= 0.3 is 0 Å². The summed E-state index contributed by atoms with van der Waals surface area (Å²) >= 11 is 5.90. The van der Waals surface area contributed by atoms with Gasteiger partial charge in [-0.05, 0) is 47.5 Å². The lowest BCUT2D eigenvalue weighted by molar-refractivity contribution is 0.460. The largest absolute Gasteiger partial charge is 0.274 e. The number of benzene rings is 3. The molecule has 4 N–H and O–H groups in total. The summed E-state index contributed by atoms with van der Waals surface area (Å²) in [6.07, 6.45) is 0. The molecule has 3 aromatic carbocycles. The number of nitrogens with zero attached hydrogens (tertiary/aromatic N) is 3. The average molecular weight is 579 g/mol. The standard InChI is InChI=1S/C24H24ClFN6O4S2/c25-19-8-12-21(13-9-19)37(33,34)31-24(28-14-15-29-38(27,35)36)32-16-22(17-4-2-1-3-5-17)23(30-32)18-6-10-20(26)11-7-18/h1-13,22,29H,14-16H2,(H,28,31)(H2,27,35,36)/t22-/m1/s1. The summed E-state index contributed by atoms with van der Waals surface area (Å²) in [6.45, 7) is -0.0976. The molecule has 0 unspecified atom stereocenters. The van der Waals surface area contributed by atoms with E-state index in [-0.39, 0.29) is 36.4 Å². The van der Waals surface area contributed by atoms with Crippen LogP contribution in [-0.4, -0.2) is 53.2 Å². The Bertz CT molecular complexity index is 1550. The highest BCUT2D eigenvalue weighted by molar-refractivity contribution is 7.90. The first kappa shape index (κ1) is 27.7. The van der Waals surface area contributed by atoms with E-state index in [1.807, 2.05) is 30.3 Å². The quantitative estimate of drug-likeness (QED) is 0.213. The lowest BCUT2D eigenvalue weighted by Gasteiger charge is -2.20. The highest BCUT2D eigenvalue weighted by atomic mass is 35.5. The molecule has 0 saturated heterocycles. The lowest BCUT2D eigenvalue weighted by atomic mass is 9.91. The third kappa shape index (κ3) is 7.14. The van der Waals surface area contributed by atoms with Gasteiger partial charge in [0.2, 0.25) is 5.96 Å². The third-order valence-corrected chi connectivity index (χ3v) is 7.73. The molecule has 4 rings (SSSR count). The second kappa shape index (κ2) is 11.6. The summed E-state index contributed by atoms with van der Waals surface area (Å²) in [5, 5.41) is 11.4. The Morgan fingerprint density at radius 2 is 1.68 bits per heavy atom. The van der Waals surface area contributed by atoms with Gasteiger partial charge in [0.05, 0.1) is 23.7 Å². The van der Waals surface area contributed by atoms with E-state index in [1.165, 1.54) is 41.4 Å². The van der Waals surface area contributed by atoms with Gasteiger partial charge < -0.3 is 0 Å². The van der Waals surface area contributed by atoms with E-state index in [0.29, 0.717) is 16.3 Å². The van der Waals surface area contributed by atoms with Crippen molar-refractivity contribution in [1.29, 1.82) is 0 Å². The summed E-state index contributed by atoms with van der Waals surface area (Å²) in [4.78, 5) is 4.23. The minimum absolute atomic E-state index is 0.0567. The van der Waals surface area contributed by atoms with Gasteiger partial charge in [0.1, 0.15) is 5.82 Å². The number of halogens is 2. The fourth-order valence-corrected chi connectivity index (χ4v) is 5.30. The molecule has 0 radical (unpaired) electrons. The predicted octanol–water partition coefficient (Wildman–Crippen LogP) is 2.41. The molecule has 0 amide bonds. The predicted molar refractivity (Wildman–Crippen MR) is 144 cm³/mol. The Morgan fingerprint density at radius 3 is 2.32 bits per heavy atom. The molecule has 14 heteroatoms. The molecular formula is C24H24ClFN6O4S2. The fourth-order valence-electron chi connectivity index (χ4n) is 3.77. The number of nitrogens with two attached hydrogens (primary N) is 1. The molecule has 0 fully saturated rings. The van der Waals surface area contributed by atoms with Crippen molar-refractivity contribution in [1.82, 2.24) is 14.5 Å². The second-order valence-electron chi connectivity index (χ2n) is 8.24. The molecular weight excluding hydrogens is 555 g/mol. The van der Waals surface area contributed by atoms with Gasteiger partial charge in [-0.2, -0.15) is 13.5 Å². The van der Waals surface area contributed by atoms with Crippen molar-refractivity contribution in [3.05, 3.63) is 101 Å². The van der Waals surface area contributed by atoms with Gasteiger partial charge in [-0.3, -0.25) is 0 Å². The van der Waals surface area contributed by atoms with Gasteiger partial charge in [0.15, 0.2) is 0 Å². The van der Waals surface area contributed by atoms with Crippen LogP contribution in [0.4, 0.5) is 4.39 Å². The summed E-state index contributed by atoms with van der Waals surface area (Å²) < 4.78 is 67.0. The van der Waals surface area contributed by atoms with Crippen LogP contribution < -0.4 is 14.6 Å². The number of guanidine groups is 1. The molecule has 1 aliphatic rings. The van der Waals surface area contributed by atoms with Gasteiger partial charge in [-0.1, -0.05) is 54.1 Å². The minimum Gasteiger partial charge on any atom is -0.249 e. The van der Waals surface area contributed by atoms with Crippen molar-refractivity contribution in [3.63, 3.8) is 0 Å². The zero-order chi connectivity index (χ0) is 27.3. The van der Waals surface area contributed by atoms with E-state index >= 15 is 0 Å². The van der Waals surface area contributed by atoms with Crippen molar-refractivity contribution in [3.8, 4) is 0 Å². The third-order valence-electron chi connectivity index (χ3n) is 5.53. The van der Waals surface area contributed by atoms with E-state index < -0.39 is 26.0 Å². The van der Waals surface area contributed by atoms with Crippen LogP contribution in [0.15, 0.2) is 93.9 Å². The molecule has 200 valence electrons. The number of sulfonamides is 1. The van der Waals surface area contributed by atoms with Crippen molar-refractivity contribution in [2.75, 3.05) is 19.6 Å². The van der Waals surface area contributed by atoms with Gasteiger partial charge in [-0.15, -0.1) is 0 Å². The summed E-state index contributed by atoms with van der Waals surface area (Å²) in [6, 6.07) is 20.8. The summed E-state index contributed by atoms with van der Waals surface area (Å²) in [5.41, 5.74) is 2.14. The van der Waals surface area contributed by atoms with Crippen LogP contribution in [0.1, 0.15) is 17.0 Å². The number of hydrogen-bond donors (Lipinski definition) is 3. The van der Waals surface area contributed by atoms with Crippen LogP contribution in [0.5, 0.6) is 0 Å². The normalized spacial score (nSPS) is 16.4. The Kier molecular flexibility index (Phi) is 8.43. The van der Waals surface area contributed by atoms with Crippen molar-refractivity contribution in [2.45, 2.75) is 10.8 Å². The van der Waals surface area contributed by atoms with Crippen LogP contribution >= 0.6 is 11.6 Å². The first-order valence-electron chi connectivity index (χ1n) is 11.3. The maximum absolute atomic E-state index is 13.6. The minimum atomic E-state index is -4.11. The van der Waals surface area contributed by atoms with E-state index in [2.05, 4.69) is 19.5 Å². The summed E-state index contributed by atoms with van der Waals surface area (Å²) in [7, 11) is -8.07. The zero-order valence-corrected chi connectivity index (χ0v) is 22.2.